The van der Waals surface area contributed by atoms with Crippen LogP contribution in [0.1, 0.15) is 59.8 Å². The third kappa shape index (κ3) is 7.77. The van der Waals surface area contributed by atoms with Crippen LogP contribution in [-0.2, 0) is 4.74 Å². The SMILES string of the molecule is CCCCC(CC)COCC(NC)C(C)CC. The first-order valence-electron chi connectivity index (χ1n) is 7.44. The Balaban J connectivity index is 3.77. The molecule has 0 aromatic heterocycles. The Hall–Kier alpha value is -0.0800. The van der Waals surface area contributed by atoms with Gasteiger partial charge in [0.05, 0.1) is 6.61 Å². The van der Waals surface area contributed by atoms with Crippen molar-refractivity contribution in [3.05, 3.63) is 0 Å². The lowest BCUT2D eigenvalue weighted by Crippen LogP contribution is -2.36. The van der Waals surface area contributed by atoms with Crippen molar-refractivity contribution in [3.8, 4) is 0 Å². The van der Waals surface area contributed by atoms with Crippen LogP contribution in [0.5, 0.6) is 0 Å². The third-order valence-electron chi connectivity index (χ3n) is 3.90. The zero-order chi connectivity index (χ0) is 13.1. The molecule has 0 aliphatic heterocycles. The number of likely N-dealkylation sites (N-methyl/N-ethyl adjacent to an activating group) is 1. The summed E-state index contributed by atoms with van der Waals surface area (Å²) in [5.41, 5.74) is 0. The van der Waals surface area contributed by atoms with Crippen LogP contribution in [-0.4, -0.2) is 26.3 Å². The molecule has 0 heterocycles. The van der Waals surface area contributed by atoms with Crippen LogP contribution in [0.3, 0.4) is 0 Å². The van der Waals surface area contributed by atoms with E-state index in [0.29, 0.717) is 12.0 Å². The van der Waals surface area contributed by atoms with Gasteiger partial charge in [0.15, 0.2) is 0 Å². The number of unbranched alkanes of at least 4 members (excludes halogenated alkanes) is 1. The summed E-state index contributed by atoms with van der Waals surface area (Å²) in [5, 5.41) is 3.36. The van der Waals surface area contributed by atoms with Gasteiger partial charge in [0, 0.05) is 12.6 Å². The van der Waals surface area contributed by atoms with E-state index in [1.165, 1.54) is 32.1 Å². The summed E-state index contributed by atoms with van der Waals surface area (Å²) in [4.78, 5) is 0. The van der Waals surface area contributed by atoms with Gasteiger partial charge in [0.1, 0.15) is 0 Å². The van der Waals surface area contributed by atoms with Crippen molar-refractivity contribution >= 4 is 0 Å². The average Bonchev–Trinajstić information content (AvgIpc) is 2.37. The first kappa shape index (κ1) is 16.9. The average molecular weight is 243 g/mol. The van der Waals surface area contributed by atoms with Crippen molar-refractivity contribution in [2.24, 2.45) is 11.8 Å². The molecule has 17 heavy (non-hydrogen) atoms. The van der Waals surface area contributed by atoms with Crippen LogP contribution in [0.15, 0.2) is 0 Å². The van der Waals surface area contributed by atoms with Crippen LogP contribution in [0, 0.1) is 11.8 Å². The molecule has 0 aliphatic rings. The van der Waals surface area contributed by atoms with Crippen LogP contribution in [0.4, 0.5) is 0 Å². The van der Waals surface area contributed by atoms with Gasteiger partial charge in [-0.15, -0.1) is 0 Å². The lowest BCUT2D eigenvalue weighted by molar-refractivity contribution is 0.0666. The van der Waals surface area contributed by atoms with Crippen molar-refractivity contribution in [3.63, 3.8) is 0 Å². The lowest BCUT2D eigenvalue weighted by atomic mass is 9.99. The van der Waals surface area contributed by atoms with Crippen molar-refractivity contribution in [1.82, 2.24) is 5.32 Å². The highest BCUT2D eigenvalue weighted by Crippen LogP contribution is 2.14. The molecule has 0 saturated carbocycles. The first-order valence-corrected chi connectivity index (χ1v) is 7.44. The molecule has 0 bridgehead atoms. The van der Waals surface area contributed by atoms with Crippen molar-refractivity contribution in [2.75, 3.05) is 20.3 Å². The topological polar surface area (TPSA) is 21.3 Å². The fourth-order valence-corrected chi connectivity index (χ4v) is 2.08. The Morgan fingerprint density at radius 1 is 1.06 bits per heavy atom. The van der Waals surface area contributed by atoms with Gasteiger partial charge in [-0.1, -0.05) is 53.4 Å². The van der Waals surface area contributed by atoms with Gasteiger partial charge in [0.25, 0.3) is 0 Å². The van der Waals surface area contributed by atoms with Crippen LogP contribution < -0.4 is 5.32 Å². The highest BCUT2D eigenvalue weighted by molar-refractivity contribution is 4.70. The molecular formula is C15H33NO. The molecule has 0 amide bonds. The summed E-state index contributed by atoms with van der Waals surface area (Å²) in [6, 6.07) is 0.503. The molecule has 0 rings (SSSR count). The first-order chi connectivity index (χ1) is 8.19. The molecule has 1 N–H and O–H groups in total. The Morgan fingerprint density at radius 2 is 1.76 bits per heavy atom. The quantitative estimate of drug-likeness (QED) is 0.595. The Bertz CT molecular complexity index is 161. The van der Waals surface area contributed by atoms with E-state index >= 15 is 0 Å². The molecule has 2 heteroatoms. The predicted octanol–water partition coefficient (Wildman–Crippen LogP) is 3.85. The maximum Gasteiger partial charge on any atom is 0.0622 e. The highest BCUT2D eigenvalue weighted by atomic mass is 16.5. The minimum absolute atomic E-state index is 0.503. The summed E-state index contributed by atoms with van der Waals surface area (Å²) in [5.74, 6) is 1.44. The van der Waals surface area contributed by atoms with Crippen molar-refractivity contribution < 1.29 is 4.74 Å². The van der Waals surface area contributed by atoms with Gasteiger partial charge in [0.2, 0.25) is 0 Å². The second-order valence-corrected chi connectivity index (χ2v) is 5.23. The summed E-state index contributed by atoms with van der Waals surface area (Å²) in [6.07, 6.45) is 6.40. The van der Waals surface area contributed by atoms with E-state index < -0.39 is 0 Å². The number of hydrogen-bond acceptors (Lipinski definition) is 2. The van der Waals surface area contributed by atoms with Gasteiger partial charge >= 0.3 is 0 Å². The van der Waals surface area contributed by atoms with Gasteiger partial charge in [-0.2, -0.15) is 0 Å². The number of nitrogens with one attached hydrogen (secondary N) is 1. The minimum Gasteiger partial charge on any atom is -0.380 e. The van der Waals surface area contributed by atoms with E-state index in [2.05, 4.69) is 33.0 Å². The molecule has 0 radical (unpaired) electrons. The van der Waals surface area contributed by atoms with E-state index in [0.717, 1.165) is 19.1 Å². The molecule has 3 unspecified atom stereocenters. The number of hydrogen-bond donors (Lipinski definition) is 1. The monoisotopic (exact) mass is 243 g/mol. The standard InChI is InChI=1S/C15H33NO/c1-6-9-10-14(8-3)11-17-12-15(16-5)13(4)7-2/h13-16H,6-12H2,1-5H3. The summed E-state index contributed by atoms with van der Waals surface area (Å²) in [6.45, 7) is 10.9. The molecule has 2 nitrogen and oxygen atoms in total. The molecule has 0 saturated heterocycles. The normalized spacial score (nSPS) is 16.8. The third-order valence-corrected chi connectivity index (χ3v) is 3.90. The fraction of sp³-hybridized carbons (Fsp3) is 1.00. The molecule has 0 spiro atoms. The van der Waals surface area contributed by atoms with Crippen LogP contribution in [0.2, 0.25) is 0 Å². The molecule has 104 valence electrons. The summed E-state index contributed by atoms with van der Waals surface area (Å²) < 4.78 is 5.90. The smallest absolute Gasteiger partial charge is 0.0622 e. The molecule has 0 aliphatic carbocycles. The zero-order valence-electron chi connectivity index (χ0n) is 12.6. The van der Waals surface area contributed by atoms with Gasteiger partial charge in [-0.3, -0.25) is 0 Å². The van der Waals surface area contributed by atoms with E-state index in [-0.39, 0.29) is 0 Å². The Kier molecular flexibility index (Phi) is 11.0. The molecule has 0 fully saturated rings. The molecule has 0 aromatic carbocycles. The minimum atomic E-state index is 0.503. The number of ether oxygens (including phenoxy) is 1. The van der Waals surface area contributed by atoms with E-state index in [4.69, 9.17) is 4.74 Å². The maximum absolute atomic E-state index is 5.90. The predicted molar refractivity (Wildman–Crippen MR) is 76.4 cm³/mol. The molecule has 3 atom stereocenters. The van der Waals surface area contributed by atoms with Crippen LogP contribution in [0.25, 0.3) is 0 Å². The van der Waals surface area contributed by atoms with E-state index in [9.17, 15) is 0 Å². The van der Waals surface area contributed by atoms with E-state index in [1.807, 2.05) is 7.05 Å². The second kappa shape index (κ2) is 11.0. The summed E-state index contributed by atoms with van der Waals surface area (Å²) >= 11 is 0. The van der Waals surface area contributed by atoms with Crippen molar-refractivity contribution in [2.45, 2.75) is 65.8 Å². The summed E-state index contributed by atoms with van der Waals surface area (Å²) in [7, 11) is 2.04. The van der Waals surface area contributed by atoms with Crippen molar-refractivity contribution in [1.29, 1.82) is 0 Å². The second-order valence-electron chi connectivity index (χ2n) is 5.23. The number of rotatable bonds is 11. The Labute approximate surface area is 109 Å². The van der Waals surface area contributed by atoms with Gasteiger partial charge in [-0.05, 0) is 25.3 Å². The zero-order valence-corrected chi connectivity index (χ0v) is 12.6. The Morgan fingerprint density at radius 3 is 2.24 bits per heavy atom. The molecule has 0 aromatic rings. The van der Waals surface area contributed by atoms with E-state index in [1.54, 1.807) is 0 Å². The largest absolute Gasteiger partial charge is 0.380 e. The maximum atomic E-state index is 5.90. The van der Waals surface area contributed by atoms with Gasteiger partial charge < -0.3 is 10.1 Å². The highest BCUT2D eigenvalue weighted by Gasteiger charge is 2.14. The lowest BCUT2D eigenvalue weighted by Gasteiger charge is -2.23. The molecular weight excluding hydrogens is 210 g/mol. The van der Waals surface area contributed by atoms with Crippen LogP contribution >= 0.6 is 0 Å². The fourth-order valence-electron chi connectivity index (χ4n) is 2.08. The van der Waals surface area contributed by atoms with Gasteiger partial charge in [-0.25, -0.2) is 0 Å².